The van der Waals surface area contributed by atoms with Crippen LogP contribution in [0, 0.1) is 20.4 Å². The number of anilines is 1. The van der Waals surface area contributed by atoms with Gasteiger partial charge in [0.25, 0.3) is 5.69 Å². The van der Waals surface area contributed by atoms with Crippen molar-refractivity contribution in [3.63, 3.8) is 0 Å². The molecule has 2 heterocycles. The van der Waals surface area contributed by atoms with Crippen LogP contribution in [-0.4, -0.2) is 35.2 Å². The van der Waals surface area contributed by atoms with Gasteiger partial charge in [0.15, 0.2) is 21.3 Å². The lowest BCUT2D eigenvalue weighted by Crippen LogP contribution is -2.10. The molecule has 8 nitrogen and oxygen atoms in total. The van der Waals surface area contributed by atoms with E-state index in [4.69, 9.17) is 6.57 Å². The molecule has 0 atom stereocenters. The van der Waals surface area contributed by atoms with Gasteiger partial charge in [-0.2, -0.15) is 0 Å². The molecule has 9 heteroatoms. The Labute approximate surface area is 156 Å². The van der Waals surface area contributed by atoms with Gasteiger partial charge in [-0.1, -0.05) is 19.1 Å². The minimum absolute atomic E-state index is 0.00382. The number of nitrogens with zero attached hydrogens (tertiary/aromatic N) is 3. The van der Waals surface area contributed by atoms with Crippen LogP contribution >= 0.6 is 0 Å². The molecule has 1 amide bonds. The lowest BCUT2D eigenvalue weighted by Gasteiger charge is -2.09. The Balaban J connectivity index is 2.16. The molecular formula is C18H19N5O3S. The van der Waals surface area contributed by atoms with E-state index in [0.717, 1.165) is 11.8 Å². The summed E-state index contributed by atoms with van der Waals surface area (Å²) in [5.74, 6) is 0.386. The molecule has 0 aliphatic carbocycles. The molecule has 140 valence electrons. The standard InChI is InChI=1S/C18H19N5O3S/c1-6-14(24)20-13-9-12(8-7-10(13)2)17-21-18-15(19-4)16(27(5,25)26)11(3)23(18)22-17/h7-9H,6H2,1-3,5H3,(H,20,24)(H,21,22). The van der Waals surface area contributed by atoms with Crippen molar-refractivity contribution >= 4 is 32.8 Å². The molecular weight excluding hydrogens is 366 g/mol. The van der Waals surface area contributed by atoms with Crippen molar-refractivity contribution in [2.24, 2.45) is 0 Å². The van der Waals surface area contributed by atoms with Crippen molar-refractivity contribution < 1.29 is 13.2 Å². The van der Waals surface area contributed by atoms with Gasteiger partial charge in [0.1, 0.15) is 0 Å². The third-order valence-electron chi connectivity index (χ3n) is 4.33. The quantitative estimate of drug-likeness (QED) is 0.673. The fraction of sp³-hybridized carbons (Fsp3) is 0.278. The first-order valence-corrected chi connectivity index (χ1v) is 10.2. The van der Waals surface area contributed by atoms with Gasteiger partial charge in [-0.05, 0) is 25.5 Å². The largest absolute Gasteiger partial charge is 0.326 e. The molecule has 2 N–H and O–H groups in total. The SMILES string of the molecule is [C-]#[N+]c1c(S(C)(=O)=O)c(C)n2[nH]c(-c3ccc(C)c(NC(=O)CC)c3)nc12. The predicted octanol–water partition coefficient (Wildman–Crippen LogP) is 3.25. The Morgan fingerprint density at radius 1 is 1.37 bits per heavy atom. The fourth-order valence-corrected chi connectivity index (χ4v) is 4.05. The lowest BCUT2D eigenvalue weighted by molar-refractivity contribution is -0.115. The number of carbonyl (C=O) groups excluding carboxylic acids is 1. The van der Waals surface area contributed by atoms with E-state index in [0.29, 0.717) is 29.2 Å². The summed E-state index contributed by atoms with van der Waals surface area (Å²) in [6.07, 6.45) is 1.45. The van der Waals surface area contributed by atoms with Crippen LogP contribution in [-0.2, 0) is 14.6 Å². The summed E-state index contributed by atoms with van der Waals surface area (Å²) in [5, 5.41) is 5.89. The van der Waals surface area contributed by atoms with E-state index in [-0.39, 0.29) is 22.1 Å². The molecule has 1 aromatic carbocycles. The number of aryl methyl sites for hydroxylation is 2. The summed E-state index contributed by atoms with van der Waals surface area (Å²) in [6, 6.07) is 5.51. The maximum absolute atomic E-state index is 12.0. The third kappa shape index (κ3) is 3.19. The van der Waals surface area contributed by atoms with Crippen molar-refractivity contribution in [3.8, 4) is 11.4 Å². The number of aromatic nitrogens is 3. The monoisotopic (exact) mass is 385 g/mol. The molecule has 0 aliphatic heterocycles. The summed E-state index contributed by atoms with van der Waals surface area (Å²) in [5.41, 5.74) is 2.98. The molecule has 0 radical (unpaired) electrons. The van der Waals surface area contributed by atoms with E-state index in [9.17, 15) is 13.2 Å². The maximum atomic E-state index is 12.0. The molecule has 0 saturated heterocycles. The fourth-order valence-electron chi connectivity index (χ4n) is 2.93. The van der Waals surface area contributed by atoms with E-state index < -0.39 is 9.84 Å². The smallest absolute Gasteiger partial charge is 0.250 e. The molecule has 0 unspecified atom stereocenters. The maximum Gasteiger partial charge on any atom is 0.250 e. The van der Waals surface area contributed by atoms with Crippen molar-refractivity contribution in [1.29, 1.82) is 0 Å². The molecule has 0 bridgehead atoms. The zero-order chi connectivity index (χ0) is 19.9. The van der Waals surface area contributed by atoms with Crippen LogP contribution in [0.3, 0.4) is 0 Å². The average molecular weight is 385 g/mol. The minimum Gasteiger partial charge on any atom is -0.326 e. The third-order valence-corrected chi connectivity index (χ3v) is 5.56. The normalized spacial score (nSPS) is 11.5. The molecule has 27 heavy (non-hydrogen) atoms. The second-order valence-electron chi connectivity index (χ2n) is 6.31. The predicted molar refractivity (Wildman–Crippen MR) is 103 cm³/mol. The van der Waals surface area contributed by atoms with Crippen LogP contribution in [0.25, 0.3) is 21.9 Å². The van der Waals surface area contributed by atoms with Crippen LogP contribution in [0.1, 0.15) is 24.6 Å². The zero-order valence-electron chi connectivity index (χ0n) is 15.4. The van der Waals surface area contributed by atoms with E-state index in [1.165, 1.54) is 4.52 Å². The average Bonchev–Trinajstić information content (AvgIpc) is 3.14. The van der Waals surface area contributed by atoms with Crippen molar-refractivity contribution in [1.82, 2.24) is 14.6 Å². The van der Waals surface area contributed by atoms with Gasteiger partial charge in [-0.25, -0.2) is 18.2 Å². The highest BCUT2D eigenvalue weighted by Crippen LogP contribution is 2.35. The number of fused-ring (bicyclic) bond motifs is 1. The van der Waals surface area contributed by atoms with Gasteiger partial charge in [-0.3, -0.25) is 14.4 Å². The molecule has 2 aromatic heterocycles. The first-order chi connectivity index (χ1) is 12.7. The summed E-state index contributed by atoms with van der Waals surface area (Å²) in [6.45, 7) is 12.7. The summed E-state index contributed by atoms with van der Waals surface area (Å²) in [4.78, 5) is 19.5. The first-order valence-electron chi connectivity index (χ1n) is 8.26. The Morgan fingerprint density at radius 3 is 2.67 bits per heavy atom. The molecule has 3 aromatic rings. The van der Waals surface area contributed by atoms with Gasteiger partial charge in [0.05, 0.1) is 11.5 Å². The number of hydrogen-bond donors (Lipinski definition) is 2. The second-order valence-corrected chi connectivity index (χ2v) is 8.26. The Bertz CT molecular complexity index is 1210. The first kappa shape index (κ1) is 18.7. The Morgan fingerprint density at radius 2 is 2.07 bits per heavy atom. The Kier molecular flexibility index (Phi) is 4.53. The van der Waals surface area contributed by atoms with Crippen LogP contribution < -0.4 is 5.32 Å². The van der Waals surface area contributed by atoms with Gasteiger partial charge >= 0.3 is 0 Å². The van der Waals surface area contributed by atoms with E-state index in [2.05, 4.69) is 20.2 Å². The van der Waals surface area contributed by atoms with Gasteiger partial charge in [0.2, 0.25) is 5.91 Å². The molecule has 0 spiro atoms. The molecule has 3 rings (SSSR count). The van der Waals surface area contributed by atoms with Crippen LogP contribution in [0.5, 0.6) is 0 Å². The van der Waals surface area contributed by atoms with E-state index in [1.807, 2.05) is 19.1 Å². The van der Waals surface area contributed by atoms with Crippen molar-refractivity contribution in [2.75, 3.05) is 11.6 Å². The minimum atomic E-state index is -3.56. The number of hydrogen-bond acceptors (Lipinski definition) is 4. The molecule has 0 aliphatic rings. The zero-order valence-corrected chi connectivity index (χ0v) is 16.2. The highest BCUT2D eigenvalue weighted by atomic mass is 32.2. The van der Waals surface area contributed by atoms with Crippen LogP contribution in [0.2, 0.25) is 0 Å². The summed E-state index contributed by atoms with van der Waals surface area (Å²) in [7, 11) is -3.56. The summed E-state index contributed by atoms with van der Waals surface area (Å²) < 4.78 is 25.6. The van der Waals surface area contributed by atoms with Crippen LogP contribution in [0.15, 0.2) is 23.1 Å². The molecule has 0 fully saturated rings. The molecule has 0 saturated carbocycles. The topological polar surface area (TPSA) is 101 Å². The van der Waals surface area contributed by atoms with E-state index in [1.54, 1.807) is 19.9 Å². The lowest BCUT2D eigenvalue weighted by atomic mass is 10.1. The summed E-state index contributed by atoms with van der Waals surface area (Å²) >= 11 is 0. The number of rotatable bonds is 4. The van der Waals surface area contributed by atoms with Gasteiger partial charge in [-0.15, -0.1) is 0 Å². The number of amides is 1. The van der Waals surface area contributed by atoms with Crippen molar-refractivity contribution in [3.05, 3.63) is 40.9 Å². The highest BCUT2D eigenvalue weighted by molar-refractivity contribution is 7.91. The Hall–Kier alpha value is -3.12. The number of nitrogens with one attached hydrogen (secondary N) is 2. The second kappa shape index (κ2) is 6.55. The number of H-pyrrole nitrogens is 1. The number of sulfone groups is 1. The number of aromatic amines is 1. The number of carbonyl (C=O) groups is 1. The van der Waals surface area contributed by atoms with Gasteiger partial charge < -0.3 is 5.32 Å². The van der Waals surface area contributed by atoms with E-state index >= 15 is 0 Å². The number of benzene rings is 1. The van der Waals surface area contributed by atoms with Crippen molar-refractivity contribution in [2.45, 2.75) is 32.1 Å². The highest BCUT2D eigenvalue weighted by Gasteiger charge is 2.26. The van der Waals surface area contributed by atoms with Gasteiger partial charge in [0, 0.05) is 29.6 Å². The van der Waals surface area contributed by atoms with Crippen LogP contribution in [0.4, 0.5) is 11.4 Å².